The van der Waals surface area contributed by atoms with Gasteiger partial charge in [0.05, 0.1) is 18.4 Å². The molecule has 114 valence electrons. The van der Waals surface area contributed by atoms with Crippen molar-refractivity contribution >= 4 is 17.7 Å². The van der Waals surface area contributed by atoms with Crippen LogP contribution in [0.3, 0.4) is 0 Å². The molecular formula is C14H19N3O4. The highest BCUT2D eigenvalue weighted by Gasteiger charge is 2.21. The summed E-state index contributed by atoms with van der Waals surface area (Å²) < 4.78 is 4.99. The molecular weight excluding hydrogens is 274 g/mol. The van der Waals surface area contributed by atoms with Crippen LogP contribution in [0.2, 0.25) is 0 Å². The highest BCUT2D eigenvalue weighted by atomic mass is 16.5. The number of carboxylic acid groups (broad SMARTS) is 1. The topological polar surface area (TPSA) is 90.9 Å². The summed E-state index contributed by atoms with van der Waals surface area (Å²) >= 11 is 0. The molecule has 0 bridgehead atoms. The Labute approximate surface area is 122 Å². The Morgan fingerprint density at radius 3 is 2.76 bits per heavy atom. The molecule has 0 aromatic heterocycles. The number of hydrogen-bond acceptors (Lipinski definition) is 4. The van der Waals surface area contributed by atoms with Crippen LogP contribution in [-0.2, 0) is 0 Å². The van der Waals surface area contributed by atoms with Crippen molar-refractivity contribution in [3.8, 4) is 5.75 Å². The first-order chi connectivity index (χ1) is 9.99. The average Bonchev–Trinajstić information content (AvgIpc) is 2.84. The lowest BCUT2D eigenvalue weighted by molar-refractivity contribution is 0.0697. The van der Waals surface area contributed by atoms with E-state index in [9.17, 15) is 14.7 Å². The summed E-state index contributed by atoms with van der Waals surface area (Å²) in [5.74, 6) is -0.694. The Morgan fingerprint density at radius 2 is 2.19 bits per heavy atom. The smallest absolute Gasteiger partial charge is 0.337 e. The van der Waals surface area contributed by atoms with Crippen LogP contribution >= 0.6 is 0 Å². The number of carbonyl (C=O) groups excluding carboxylic acids is 1. The number of anilines is 1. The molecule has 2 rings (SSSR count). The summed E-state index contributed by atoms with van der Waals surface area (Å²) in [5, 5.41) is 14.6. The van der Waals surface area contributed by atoms with Crippen molar-refractivity contribution in [3.05, 3.63) is 23.8 Å². The summed E-state index contributed by atoms with van der Waals surface area (Å²) in [6, 6.07) is 4.18. The van der Waals surface area contributed by atoms with Gasteiger partial charge in [-0.1, -0.05) is 0 Å². The van der Waals surface area contributed by atoms with Gasteiger partial charge in [-0.25, -0.2) is 9.59 Å². The Morgan fingerprint density at radius 1 is 1.43 bits per heavy atom. The summed E-state index contributed by atoms with van der Waals surface area (Å²) in [5.41, 5.74) is 0.236. The standard InChI is InChI=1S/C14H19N3O4/c1-17-6-5-9(8-17)15-14(20)16-12-4-3-10(21-2)7-11(12)13(18)19/h3-4,7,9H,5-6,8H2,1-2H3,(H,18,19)(H2,15,16,20). The molecule has 1 unspecified atom stereocenters. The number of carbonyl (C=O) groups is 2. The molecule has 1 aliphatic rings. The van der Waals surface area contributed by atoms with E-state index in [1.807, 2.05) is 7.05 Å². The van der Waals surface area contributed by atoms with Gasteiger partial charge in [-0.3, -0.25) is 0 Å². The summed E-state index contributed by atoms with van der Waals surface area (Å²) in [6.45, 7) is 1.73. The fraction of sp³-hybridized carbons (Fsp3) is 0.429. The predicted octanol–water partition coefficient (Wildman–Crippen LogP) is 1.22. The second kappa shape index (κ2) is 6.45. The zero-order chi connectivity index (χ0) is 15.4. The van der Waals surface area contributed by atoms with Crippen molar-refractivity contribution in [2.24, 2.45) is 0 Å². The van der Waals surface area contributed by atoms with E-state index in [0.29, 0.717) is 5.75 Å². The fourth-order valence-electron chi connectivity index (χ4n) is 2.33. The summed E-state index contributed by atoms with van der Waals surface area (Å²) in [4.78, 5) is 25.3. The molecule has 7 heteroatoms. The summed E-state index contributed by atoms with van der Waals surface area (Å²) in [6.07, 6.45) is 0.887. The van der Waals surface area contributed by atoms with Crippen LogP contribution in [0, 0.1) is 0 Å². The minimum Gasteiger partial charge on any atom is -0.497 e. The third kappa shape index (κ3) is 3.85. The van der Waals surface area contributed by atoms with Gasteiger partial charge in [0.2, 0.25) is 0 Å². The normalized spacial score (nSPS) is 18.3. The van der Waals surface area contributed by atoms with Gasteiger partial charge >= 0.3 is 12.0 Å². The second-order valence-electron chi connectivity index (χ2n) is 5.06. The first-order valence-corrected chi connectivity index (χ1v) is 6.67. The van der Waals surface area contributed by atoms with Crippen LogP contribution in [-0.4, -0.2) is 55.3 Å². The maximum atomic E-state index is 11.9. The Hall–Kier alpha value is -2.28. The maximum Gasteiger partial charge on any atom is 0.337 e. The lowest BCUT2D eigenvalue weighted by atomic mass is 10.1. The Bertz CT molecular complexity index is 547. The molecule has 1 atom stereocenters. The number of ether oxygens (including phenoxy) is 1. The van der Waals surface area contributed by atoms with Crippen molar-refractivity contribution in [1.29, 1.82) is 0 Å². The van der Waals surface area contributed by atoms with Crippen molar-refractivity contribution in [2.75, 3.05) is 32.6 Å². The largest absolute Gasteiger partial charge is 0.497 e. The number of urea groups is 1. The van der Waals surface area contributed by atoms with Crippen LogP contribution in [0.15, 0.2) is 18.2 Å². The van der Waals surface area contributed by atoms with Crippen LogP contribution in [0.5, 0.6) is 5.75 Å². The minimum atomic E-state index is -1.12. The maximum absolute atomic E-state index is 11.9. The van der Waals surface area contributed by atoms with E-state index < -0.39 is 12.0 Å². The molecule has 3 N–H and O–H groups in total. The van der Waals surface area contributed by atoms with Crippen molar-refractivity contribution in [2.45, 2.75) is 12.5 Å². The molecule has 1 fully saturated rings. The van der Waals surface area contributed by atoms with E-state index in [2.05, 4.69) is 15.5 Å². The monoisotopic (exact) mass is 293 g/mol. The number of carboxylic acids is 1. The highest BCUT2D eigenvalue weighted by Crippen LogP contribution is 2.22. The Kier molecular flexibility index (Phi) is 4.64. The number of methoxy groups -OCH3 is 1. The van der Waals surface area contributed by atoms with Gasteiger partial charge in [0, 0.05) is 12.6 Å². The third-order valence-corrected chi connectivity index (χ3v) is 3.43. The molecule has 1 saturated heterocycles. The number of likely N-dealkylation sites (N-methyl/N-ethyl adjacent to an activating group) is 1. The molecule has 21 heavy (non-hydrogen) atoms. The average molecular weight is 293 g/mol. The number of likely N-dealkylation sites (tertiary alicyclic amines) is 1. The number of aromatic carboxylic acids is 1. The number of amides is 2. The molecule has 2 amide bonds. The van der Waals surface area contributed by atoms with E-state index in [4.69, 9.17) is 4.74 Å². The van der Waals surface area contributed by atoms with Crippen LogP contribution in [0.25, 0.3) is 0 Å². The van der Waals surface area contributed by atoms with Gasteiger partial charge < -0.3 is 25.4 Å². The van der Waals surface area contributed by atoms with Crippen LogP contribution < -0.4 is 15.4 Å². The van der Waals surface area contributed by atoms with Crippen molar-refractivity contribution in [3.63, 3.8) is 0 Å². The van der Waals surface area contributed by atoms with Gasteiger partial charge in [0.1, 0.15) is 5.75 Å². The van der Waals surface area contributed by atoms with Gasteiger partial charge in [-0.05, 0) is 38.2 Å². The van der Waals surface area contributed by atoms with E-state index >= 15 is 0 Å². The number of nitrogens with one attached hydrogen (secondary N) is 2. The molecule has 7 nitrogen and oxygen atoms in total. The number of rotatable bonds is 4. The predicted molar refractivity (Wildman–Crippen MR) is 78.0 cm³/mol. The zero-order valence-corrected chi connectivity index (χ0v) is 12.0. The highest BCUT2D eigenvalue weighted by molar-refractivity contribution is 6.00. The zero-order valence-electron chi connectivity index (χ0n) is 12.0. The molecule has 0 saturated carbocycles. The Balaban J connectivity index is 2.04. The molecule has 1 heterocycles. The minimum absolute atomic E-state index is 0.00644. The second-order valence-corrected chi connectivity index (χ2v) is 5.06. The fourth-order valence-corrected chi connectivity index (χ4v) is 2.33. The first kappa shape index (κ1) is 15.1. The molecule has 0 spiro atoms. The number of benzene rings is 1. The quantitative estimate of drug-likeness (QED) is 0.776. The number of nitrogens with zero attached hydrogens (tertiary/aromatic N) is 1. The molecule has 0 aliphatic carbocycles. The lowest BCUT2D eigenvalue weighted by Gasteiger charge is -2.15. The first-order valence-electron chi connectivity index (χ1n) is 6.67. The van der Waals surface area contributed by atoms with Crippen molar-refractivity contribution in [1.82, 2.24) is 10.2 Å². The van der Waals surface area contributed by atoms with E-state index in [-0.39, 0.29) is 17.3 Å². The molecule has 1 aromatic carbocycles. The van der Waals surface area contributed by atoms with Crippen LogP contribution in [0.1, 0.15) is 16.8 Å². The van der Waals surface area contributed by atoms with Crippen molar-refractivity contribution < 1.29 is 19.4 Å². The summed E-state index contributed by atoms with van der Waals surface area (Å²) in [7, 11) is 3.45. The molecule has 0 radical (unpaired) electrons. The molecule has 1 aliphatic heterocycles. The molecule has 1 aromatic rings. The van der Waals surface area contributed by atoms with Gasteiger partial charge in [-0.2, -0.15) is 0 Å². The van der Waals surface area contributed by atoms with E-state index in [1.165, 1.54) is 19.2 Å². The van der Waals surface area contributed by atoms with Gasteiger partial charge in [0.15, 0.2) is 0 Å². The third-order valence-electron chi connectivity index (χ3n) is 3.43. The number of hydrogen-bond donors (Lipinski definition) is 3. The lowest BCUT2D eigenvalue weighted by Crippen LogP contribution is -2.39. The van der Waals surface area contributed by atoms with Crippen LogP contribution in [0.4, 0.5) is 10.5 Å². The van der Waals surface area contributed by atoms with Gasteiger partial charge in [-0.15, -0.1) is 0 Å². The van der Waals surface area contributed by atoms with E-state index in [1.54, 1.807) is 6.07 Å². The SMILES string of the molecule is COc1ccc(NC(=O)NC2CCN(C)C2)c(C(=O)O)c1. The van der Waals surface area contributed by atoms with E-state index in [0.717, 1.165) is 19.5 Å². The van der Waals surface area contributed by atoms with Gasteiger partial charge in [0.25, 0.3) is 0 Å².